The minimum Gasteiger partial charge on any atom is -0.497 e. The highest BCUT2D eigenvalue weighted by molar-refractivity contribution is 7.15. The van der Waals surface area contributed by atoms with Gasteiger partial charge in [-0.05, 0) is 19.1 Å². The lowest BCUT2D eigenvalue weighted by Crippen LogP contribution is -1.84. The summed E-state index contributed by atoms with van der Waals surface area (Å²) in [6.07, 6.45) is 0. The van der Waals surface area contributed by atoms with Gasteiger partial charge in [-0.1, -0.05) is 0 Å². The van der Waals surface area contributed by atoms with Crippen LogP contribution in [0.25, 0.3) is 16.0 Å². The van der Waals surface area contributed by atoms with Crippen molar-refractivity contribution < 1.29 is 10.2 Å². The average molecular weight is 236 g/mol. The zero-order chi connectivity index (χ0) is 10.4. The number of imidazole rings is 1. The van der Waals surface area contributed by atoms with Gasteiger partial charge in [-0.2, -0.15) is 0 Å². The van der Waals surface area contributed by atoms with Crippen LogP contribution < -0.4 is 4.74 Å². The van der Waals surface area contributed by atoms with Gasteiger partial charge in [0.15, 0.2) is 4.96 Å². The quantitative estimate of drug-likeness (QED) is 0.649. The number of methoxy groups -OCH3 is 1. The van der Waals surface area contributed by atoms with Crippen LogP contribution in [0.3, 0.4) is 0 Å². The summed E-state index contributed by atoms with van der Waals surface area (Å²) in [6.45, 7) is 2.09. The third-order valence-electron chi connectivity index (χ3n) is 2.52. The van der Waals surface area contributed by atoms with E-state index in [9.17, 15) is 0 Å². The lowest BCUT2D eigenvalue weighted by atomic mass is 10.3. The summed E-state index contributed by atoms with van der Waals surface area (Å²) >= 11 is 1.66. The lowest BCUT2D eigenvalue weighted by Gasteiger charge is -1.98. The Morgan fingerprint density at radius 3 is 2.94 bits per heavy atom. The Labute approximate surface area is 96.4 Å². The van der Waals surface area contributed by atoms with Crippen molar-refractivity contribution in [1.82, 2.24) is 9.38 Å². The van der Waals surface area contributed by atoms with Gasteiger partial charge < -0.3 is 10.2 Å². The van der Waals surface area contributed by atoms with Crippen molar-refractivity contribution in [3.8, 4) is 5.75 Å². The predicted molar refractivity (Wildman–Crippen MR) is 65.5 cm³/mol. The highest BCUT2D eigenvalue weighted by atomic mass is 32.1. The number of fused-ring (bicyclic) bond motifs is 3. The van der Waals surface area contributed by atoms with Crippen LogP contribution in [0.2, 0.25) is 0 Å². The van der Waals surface area contributed by atoms with Crippen LogP contribution in [-0.2, 0) is 0 Å². The monoisotopic (exact) mass is 236 g/mol. The summed E-state index contributed by atoms with van der Waals surface area (Å²) < 4.78 is 7.35. The number of hydrogen-bond acceptors (Lipinski definition) is 3. The fourth-order valence-corrected chi connectivity index (χ4v) is 2.66. The maximum atomic E-state index is 5.18. The molecule has 3 rings (SSSR count). The second-order valence-electron chi connectivity index (χ2n) is 3.46. The second kappa shape index (κ2) is 3.77. The van der Waals surface area contributed by atoms with E-state index in [1.54, 1.807) is 18.4 Å². The maximum Gasteiger partial charge on any atom is 0.194 e. The Kier molecular flexibility index (Phi) is 2.57. The van der Waals surface area contributed by atoms with E-state index in [0.29, 0.717) is 0 Å². The predicted octanol–water partition coefficient (Wildman–Crippen LogP) is 2.04. The fourth-order valence-electron chi connectivity index (χ4n) is 1.78. The first kappa shape index (κ1) is 10.9. The molecule has 0 bridgehead atoms. The van der Waals surface area contributed by atoms with Gasteiger partial charge in [0.05, 0.1) is 18.1 Å². The number of aryl methyl sites for hydroxylation is 1. The molecular weight excluding hydrogens is 224 g/mol. The Morgan fingerprint density at radius 1 is 1.38 bits per heavy atom. The van der Waals surface area contributed by atoms with E-state index in [0.717, 1.165) is 21.7 Å². The molecule has 0 saturated carbocycles. The number of hydrogen-bond donors (Lipinski definition) is 0. The minimum absolute atomic E-state index is 0. The van der Waals surface area contributed by atoms with Crippen molar-refractivity contribution in [3.05, 3.63) is 29.3 Å². The van der Waals surface area contributed by atoms with E-state index in [-0.39, 0.29) is 5.48 Å². The standard InChI is InChI=1S/C11H10N2OS.H2O/c1-7-6-15-11-12-9-5-8(14-2)3-4-10(9)13(7)11;/h3-6H,1-2H3;1H2. The van der Waals surface area contributed by atoms with Gasteiger partial charge in [0, 0.05) is 17.1 Å². The maximum absolute atomic E-state index is 5.18. The van der Waals surface area contributed by atoms with Crippen LogP contribution in [0.4, 0.5) is 0 Å². The molecule has 5 heteroatoms. The smallest absolute Gasteiger partial charge is 0.194 e. The Morgan fingerprint density at radius 2 is 2.19 bits per heavy atom. The molecular formula is C11H12N2O2S. The molecule has 0 atom stereocenters. The summed E-state index contributed by atoms with van der Waals surface area (Å²) in [6, 6.07) is 5.98. The van der Waals surface area contributed by atoms with Crippen LogP contribution in [0.15, 0.2) is 23.6 Å². The third kappa shape index (κ3) is 1.36. The van der Waals surface area contributed by atoms with E-state index in [1.807, 2.05) is 18.2 Å². The minimum atomic E-state index is 0. The zero-order valence-electron chi connectivity index (χ0n) is 9.02. The fraction of sp³-hybridized carbons (Fsp3) is 0.182. The van der Waals surface area contributed by atoms with Gasteiger partial charge in [-0.25, -0.2) is 4.98 Å². The van der Waals surface area contributed by atoms with Gasteiger partial charge in [0.2, 0.25) is 0 Å². The van der Waals surface area contributed by atoms with Crippen LogP contribution in [0.1, 0.15) is 5.69 Å². The first-order chi connectivity index (χ1) is 7.29. The van der Waals surface area contributed by atoms with Gasteiger partial charge in [0.25, 0.3) is 0 Å². The molecule has 3 aromatic rings. The molecule has 0 unspecified atom stereocenters. The van der Waals surface area contributed by atoms with Crippen molar-refractivity contribution >= 4 is 27.3 Å². The van der Waals surface area contributed by atoms with Crippen LogP contribution >= 0.6 is 11.3 Å². The molecule has 0 spiro atoms. The van der Waals surface area contributed by atoms with Gasteiger partial charge in [-0.15, -0.1) is 11.3 Å². The van der Waals surface area contributed by atoms with E-state index in [1.165, 1.54) is 5.69 Å². The molecule has 2 heterocycles. The summed E-state index contributed by atoms with van der Waals surface area (Å²) in [5, 5.41) is 2.12. The highest BCUT2D eigenvalue weighted by Gasteiger charge is 2.08. The van der Waals surface area contributed by atoms with E-state index in [2.05, 4.69) is 21.7 Å². The van der Waals surface area contributed by atoms with Gasteiger partial charge in [-0.3, -0.25) is 4.40 Å². The molecule has 16 heavy (non-hydrogen) atoms. The first-order valence-corrected chi connectivity index (χ1v) is 5.58. The lowest BCUT2D eigenvalue weighted by molar-refractivity contribution is 0.415. The number of ether oxygens (including phenoxy) is 1. The van der Waals surface area contributed by atoms with E-state index >= 15 is 0 Å². The van der Waals surface area contributed by atoms with Crippen molar-refractivity contribution in [1.29, 1.82) is 0 Å². The first-order valence-electron chi connectivity index (χ1n) is 4.70. The summed E-state index contributed by atoms with van der Waals surface area (Å²) in [5.41, 5.74) is 3.36. The largest absolute Gasteiger partial charge is 0.497 e. The molecule has 2 N–H and O–H groups in total. The van der Waals surface area contributed by atoms with Gasteiger partial charge in [0.1, 0.15) is 5.75 Å². The van der Waals surface area contributed by atoms with E-state index < -0.39 is 0 Å². The van der Waals surface area contributed by atoms with Crippen LogP contribution in [-0.4, -0.2) is 22.0 Å². The number of rotatable bonds is 1. The molecule has 0 aliphatic carbocycles. The summed E-state index contributed by atoms with van der Waals surface area (Å²) in [4.78, 5) is 5.58. The molecule has 0 aliphatic rings. The number of nitrogens with zero attached hydrogens (tertiary/aromatic N) is 2. The van der Waals surface area contributed by atoms with Crippen molar-refractivity contribution in [3.63, 3.8) is 0 Å². The number of benzene rings is 1. The molecule has 84 valence electrons. The zero-order valence-corrected chi connectivity index (χ0v) is 9.84. The molecule has 2 aromatic heterocycles. The topological polar surface area (TPSA) is 58.0 Å². The van der Waals surface area contributed by atoms with Crippen LogP contribution in [0.5, 0.6) is 5.75 Å². The molecule has 4 nitrogen and oxygen atoms in total. The molecule has 0 fully saturated rings. The van der Waals surface area contributed by atoms with Crippen LogP contribution in [0, 0.1) is 6.92 Å². The molecule has 0 aliphatic heterocycles. The van der Waals surface area contributed by atoms with Crippen molar-refractivity contribution in [2.75, 3.05) is 7.11 Å². The summed E-state index contributed by atoms with van der Waals surface area (Å²) in [7, 11) is 1.67. The normalized spacial score (nSPS) is 10.6. The molecule has 0 radical (unpaired) electrons. The Hall–Kier alpha value is -1.59. The van der Waals surface area contributed by atoms with Crippen molar-refractivity contribution in [2.24, 2.45) is 0 Å². The Bertz CT molecular complexity index is 642. The molecule has 0 amide bonds. The number of aromatic nitrogens is 2. The number of thiazole rings is 1. The molecule has 0 saturated heterocycles. The van der Waals surface area contributed by atoms with E-state index in [4.69, 9.17) is 4.74 Å². The average Bonchev–Trinajstić information content (AvgIpc) is 2.77. The highest BCUT2D eigenvalue weighted by Crippen LogP contribution is 2.25. The third-order valence-corrected chi connectivity index (χ3v) is 3.46. The second-order valence-corrected chi connectivity index (χ2v) is 4.30. The molecule has 1 aromatic carbocycles. The van der Waals surface area contributed by atoms with Crippen molar-refractivity contribution in [2.45, 2.75) is 6.92 Å². The summed E-state index contributed by atoms with van der Waals surface area (Å²) in [5.74, 6) is 0.853. The SMILES string of the molecule is COc1ccc2c(c1)nc1scc(C)n12.O. The van der Waals surface area contributed by atoms with Gasteiger partial charge >= 0.3 is 0 Å². The Balaban J connectivity index is 0.000000963.